The van der Waals surface area contributed by atoms with Gasteiger partial charge in [0.2, 0.25) is 5.91 Å². The summed E-state index contributed by atoms with van der Waals surface area (Å²) in [6.45, 7) is 2.14. The lowest BCUT2D eigenvalue weighted by atomic mass is 10.1. The van der Waals surface area contributed by atoms with Crippen LogP contribution in [-0.4, -0.2) is 41.3 Å². The maximum atomic E-state index is 11.8. The number of hydrogen-bond donors (Lipinski definition) is 3. The van der Waals surface area contributed by atoms with Gasteiger partial charge in [-0.3, -0.25) is 4.79 Å². The van der Waals surface area contributed by atoms with Gasteiger partial charge in [-0.15, -0.1) is 0 Å². The van der Waals surface area contributed by atoms with Crippen LogP contribution in [-0.2, 0) is 16.0 Å². The number of amides is 1. The first-order valence-electron chi connectivity index (χ1n) is 6.92. The Morgan fingerprint density at radius 3 is 2.67 bits per heavy atom. The van der Waals surface area contributed by atoms with E-state index in [-0.39, 0.29) is 25.4 Å². The van der Waals surface area contributed by atoms with Crippen molar-refractivity contribution >= 4 is 11.9 Å². The predicted molar refractivity (Wildman–Crippen MR) is 77.2 cm³/mol. The second-order valence-corrected chi connectivity index (χ2v) is 4.51. The van der Waals surface area contributed by atoms with Gasteiger partial charge in [-0.25, -0.2) is 4.79 Å². The monoisotopic (exact) mass is 295 g/mol. The summed E-state index contributed by atoms with van der Waals surface area (Å²) in [4.78, 5) is 22.7. The number of benzene rings is 1. The molecule has 0 unspecified atom stereocenters. The van der Waals surface area contributed by atoms with Crippen LogP contribution < -0.4 is 10.1 Å². The Kier molecular flexibility index (Phi) is 7.25. The average Bonchev–Trinajstić information content (AvgIpc) is 2.46. The fraction of sp³-hybridized carbons (Fsp3) is 0.467. The van der Waals surface area contributed by atoms with E-state index in [4.69, 9.17) is 14.9 Å². The van der Waals surface area contributed by atoms with E-state index in [0.717, 1.165) is 11.3 Å². The van der Waals surface area contributed by atoms with Gasteiger partial charge >= 0.3 is 5.97 Å². The van der Waals surface area contributed by atoms with Crippen molar-refractivity contribution in [2.24, 2.45) is 0 Å². The Hall–Kier alpha value is -2.08. The van der Waals surface area contributed by atoms with Crippen LogP contribution in [0.15, 0.2) is 24.3 Å². The molecule has 0 spiro atoms. The second-order valence-electron chi connectivity index (χ2n) is 4.51. The molecular formula is C15H21NO5. The molecule has 0 aromatic heterocycles. The van der Waals surface area contributed by atoms with E-state index in [1.165, 1.54) is 0 Å². The largest absolute Gasteiger partial charge is 0.494 e. The van der Waals surface area contributed by atoms with E-state index in [1.807, 2.05) is 31.2 Å². The number of carboxylic acids is 1. The van der Waals surface area contributed by atoms with Crippen LogP contribution in [0.5, 0.6) is 5.75 Å². The molecule has 6 nitrogen and oxygen atoms in total. The lowest BCUT2D eigenvalue weighted by Gasteiger charge is -2.14. The number of aliphatic hydroxyl groups excluding tert-OH is 1. The number of aryl methyl sites for hydroxylation is 1. The van der Waals surface area contributed by atoms with Crippen LogP contribution in [0.3, 0.4) is 0 Å². The summed E-state index contributed by atoms with van der Waals surface area (Å²) in [5, 5.41) is 20.1. The highest BCUT2D eigenvalue weighted by molar-refractivity contribution is 5.83. The van der Waals surface area contributed by atoms with Gasteiger partial charge in [0.05, 0.1) is 6.61 Å². The van der Waals surface area contributed by atoms with E-state index < -0.39 is 12.0 Å². The average molecular weight is 295 g/mol. The minimum atomic E-state index is -1.15. The van der Waals surface area contributed by atoms with Crippen molar-refractivity contribution in [2.75, 3.05) is 13.2 Å². The summed E-state index contributed by atoms with van der Waals surface area (Å²) >= 11 is 0. The number of carboxylic acid groups (broad SMARTS) is 1. The fourth-order valence-corrected chi connectivity index (χ4v) is 1.91. The van der Waals surface area contributed by atoms with E-state index in [1.54, 1.807) is 0 Å². The molecule has 1 aromatic carbocycles. The highest BCUT2D eigenvalue weighted by atomic mass is 16.5. The van der Waals surface area contributed by atoms with E-state index >= 15 is 0 Å². The van der Waals surface area contributed by atoms with Gasteiger partial charge in [-0.05, 0) is 25.0 Å². The summed E-state index contributed by atoms with van der Waals surface area (Å²) in [5.41, 5.74) is 0.906. The molecule has 0 aliphatic carbocycles. The number of carbonyl (C=O) groups excluding carboxylic acids is 1. The summed E-state index contributed by atoms with van der Waals surface area (Å²) < 4.78 is 5.47. The Labute approximate surface area is 123 Å². The second kappa shape index (κ2) is 8.97. The molecule has 0 aliphatic heterocycles. The van der Waals surface area contributed by atoms with Crippen LogP contribution in [0.25, 0.3) is 0 Å². The number of aliphatic hydroxyl groups is 1. The number of hydrogen-bond acceptors (Lipinski definition) is 4. The van der Waals surface area contributed by atoms with Crippen molar-refractivity contribution in [2.45, 2.75) is 32.2 Å². The minimum absolute atomic E-state index is 0.00337. The summed E-state index contributed by atoms with van der Waals surface area (Å²) in [6, 6.07) is 6.38. The van der Waals surface area contributed by atoms with Crippen LogP contribution >= 0.6 is 0 Å². The van der Waals surface area contributed by atoms with E-state index in [2.05, 4.69) is 5.32 Å². The minimum Gasteiger partial charge on any atom is -0.494 e. The van der Waals surface area contributed by atoms with Crippen molar-refractivity contribution in [3.63, 3.8) is 0 Å². The van der Waals surface area contributed by atoms with Crippen LogP contribution in [0, 0.1) is 0 Å². The van der Waals surface area contributed by atoms with E-state index in [0.29, 0.717) is 13.0 Å². The quantitative estimate of drug-likeness (QED) is 0.631. The first kappa shape index (κ1) is 17.0. The highest BCUT2D eigenvalue weighted by Crippen LogP contribution is 2.19. The summed E-state index contributed by atoms with van der Waals surface area (Å²) in [7, 11) is 0. The van der Waals surface area contributed by atoms with Gasteiger partial charge in [-0.1, -0.05) is 18.2 Å². The van der Waals surface area contributed by atoms with Crippen molar-refractivity contribution in [1.29, 1.82) is 0 Å². The van der Waals surface area contributed by atoms with Gasteiger partial charge in [0.15, 0.2) is 0 Å². The predicted octanol–water partition coefficient (Wildman–Crippen LogP) is 0.970. The molecule has 1 atom stereocenters. The summed E-state index contributed by atoms with van der Waals surface area (Å²) in [5.74, 6) is -0.771. The third-order valence-electron chi connectivity index (χ3n) is 2.94. The Balaban J connectivity index is 2.54. The summed E-state index contributed by atoms with van der Waals surface area (Å²) in [6.07, 6.45) is 0.628. The lowest BCUT2D eigenvalue weighted by molar-refractivity contribution is -0.142. The van der Waals surface area contributed by atoms with Crippen molar-refractivity contribution in [1.82, 2.24) is 5.32 Å². The zero-order valence-corrected chi connectivity index (χ0v) is 12.0. The number of nitrogens with one attached hydrogen (secondary N) is 1. The third kappa shape index (κ3) is 5.83. The number of carbonyl (C=O) groups is 2. The molecule has 0 radical (unpaired) electrons. The normalized spacial score (nSPS) is 11.7. The number of rotatable bonds is 9. The molecule has 21 heavy (non-hydrogen) atoms. The molecule has 0 aliphatic rings. The van der Waals surface area contributed by atoms with Gasteiger partial charge < -0.3 is 20.3 Å². The number of para-hydroxylation sites is 1. The van der Waals surface area contributed by atoms with Gasteiger partial charge in [-0.2, -0.15) is 0 Å². The molecule has 0 saturated heterocycles. The maximum absolute atomic E-state index is 11.8. The van der Waals surface area contributed by atoms with Crippen molar-refractivity contribution in [3.05, 3.63) is 29.8 Å². The number of ether oxygens (including phenoxy) is 1. The third-order valence-corrected chi connectivity index (χ3v) is 2.94. The molecule has 0 heterocycles. The molecule has 6 heteroatoms. The smallest absolute Gasteiger partial charge is 0.326 e. The molecule has 0 saturated carbocycles. The molecule has 3 N–H and O–H groups in total. The Morgan fingerprint density at radius 2 is 2.05 bits per heavy atom. The first-order valence-corrected chi connectivity index (χ1v) is 6.92. The van der Waals surface area contributed by atoms with Crippen molar-refractivity contribution in [3.8, 4) is 5.75 Å². The topological polar surface area (TPSA) is 95.9 Å². The Morgan fingerprint density at radius 1 is 1.33 bits per heavy atom. The SMILES string of the molecule is CCOc1ccccc1CCC(=O)N[C@H](CCO)C(=O)O. The molecule has 1 amide bonds. The molecule has 0 bridgehead atoms. The van der Waals surface area contributed by atoms with Crippen LogP contribution in [0.1, 0.15) is 25.3 Å². The maximum Gasteiger partial charge on any atom is 0.326 e. The number of aliphatic carboxylic acids is 1. The Bertz CT molecular complexity index is 475. The van der Waals surface area contributed by atoms with Crippen molar-refractivity contribution < 1.29 is 24.5 Å². The van der Waals surface area contributed by atoms with Gasteiger partial charge in [0, 0.05) is 19.4 Å². The van der Waals surface area contributed by atoms with E-state index in [9.17, 15) is 9.59 Å². The zero-order valence-electron chi connectivity index (χ0n) is 12.0. The van der Waals surface area contributed by atoms with Gasteiger partial charge in [0.1, 0.15) is 11.8 Å². The highest BCUT2D eigenvalue weighted by Gasteiger charge is 2.19. The first-order chi connectivity index (χ1) is 10.1. The molecule has 0 fully saturated rings. The van der Waals surface area contributed by atoms with Crippen LogP contribution in [0.4, 0.5) is 0 Å². The molecule has 1 aromatic rings. The van der Waals surface area contributed by atoms with Crippen LogP contribution in [0.2, 0.25) is 0 Å². The molecule has 1 rings (SSSR count). The zero-order chi connectivity index (χ0) is 15.7. The fourth-order valence-electron chi connectivity index (χ4n) is 1.91. The van der Waals surface area contributed by atoms with Gasteiger partial charge in [0.25, 0.3) is 0 Å². The molecular weight excluding hydrogens is 274 g/mol. The molecule has 116 valence electrons. The standard InChI is InChI=1S/C15H21NO5/c1-2-21-13-6-4-3-5-11(13)7-8-14(18)16-12(9-10-17)15(19)20/h3-6,12,17H,2,7-10H2,1H3,(H,16,18)(H,19,20)/t12-/m1/s1. The lowest BCUT2D eigenvalue weighted by Crippen LogP contribution is -2.41.